The average molecular weight is 392 g/mol. The predicted molar refractivity (Wildman–Crippen MR) is 104 cm³/mol. The van der Waals surface area contributed by atoms with Crippen LogP contribution in [-0.2, 0) is 11.2 Å². The zero-order chi connectivity index (χ0) is 18.7. The number of fused-ring (bicyclic) bond motifs is 1. The fourth-order valence-corrected chi connectivity index (χ4v) is 3.48. The lowest BCUT2D eigenvalue weighted by Crippen LogP contribution is -2.28. The van der Waals surface area contributed by atoms with Crippen molar-refractivity contribution < 1.29 is 14.3 Å². The van der Waals surface area contributed by atoms with E-state index in [4.69, 9.17) is 27.9 Å². The fourth-order valence-electron chi connectivity index (χ4n) is 3.01. The summed E-state index contributed by atoms with van der Waals surface area (Å²) in [4.78, 5) is 25.8. The molecule has 0 radical (unpaired) electrons. The quantitative estimate of drug-likeness (QED) is 0.517. The van der Waals surface area contributed by atoms with Gasteiger partial charge in [0.1, 0.15) is 5.75 Å². The predicted octanol–water partition coefficient (Wildman–Crippen LogP) is 4.94. The normalized spacial score (nSPS) is 12.8. The number of carbonyl (C=O) groups excluding carboxylic acids is 2. The first-order valence-electron chi connectivity index (χ1n) is 8.48. The molecular weight excluding hydrogens is 373 g/mol. The number of Topliss-reactive ketones (excluding diaryl/α,β-unsaturated/α-hetero) is 1. The summed E-state index contributed by atoms with van der Waals surface area (Å²) in [7, 11) is 0. The highest BCUT2D eigenvalue weighted by molar-refractivity contribution is 6.35. The Bertz CT molecular complexity index is 851. The van der Waals surface area contributed by atoms with Gasteiger partial charge in [-0.15, -0.1) is 0 Å². The Morgan fingerprint density at radius 3 is 2.69 bits per heavy atom. The fraction of sp³-hybridized carbons (Fsp3) is 0.300. The highest BCUT2D eigenvalue weighted by Crippen LogP contribution is 2.30. The molecule has 0 unspecified atom stereocenters. The van der Waals surface area contributed by atoms with E-state index < -0.39 is 0 Å². The van der Waals surface area contributed by atoms with Crippen LogP contribution in [-0.4, -0.2) is 24.8 Å². The first kappa shape index (κ1) is 18.7. The van der Waals surface area contributed by atoms with E-state index in [2.05, 4.69) is 0 Å². The summed E-state index contributed by atoms with van der Waals surface area (Å²) in [6.07, 6.45) is 1.76. The number of amides is 1. The molecule has 3 rings (SSSR count). The Balaban J connectivity index is 1.53. The Kier molecular flexibility index (Phi) is 5.84. The van der Waals surface area contributed by atoms with Crippen molar-refractivity contribution in [3.05, 3.63) is 57.6 Å². The van der Waals surface area contributed by atoms with Crippen LogP contribution in [0.3, 0.4) is 0 Å². The van der Waals surface area contributed by atoms with Gasteiger partial charge in [0, 0.05) is 29.2 Å². The number of rotatable bonds is 6. The number of benzene rings is 2. The van der Waals surface area contributed by atoms with E-state index in [0.29, 0.717) is 47.4 Å². The zero-order valence-corrected chi connectivity index (χ0v) is 15.9. The number of anilines is 1. The SMILES string of the molecule is CC(=O)c1ccc2c(c1)CCN2C(=O)CCCOc1ccc(Cl)cc1Cl. The highest BCUT2D eigenvalue weighted by atomic mass is 35.5. The van der Waals surface area contributed by atoms with Crippen LogP contribution in [0.2, 0.25) is 10.0 Å². The molecule has 26 heavy (non-hydrogen) atoms. The number of hydrogen-bond donors (Lipinski definition) is 0. The van der Waals surface area contributed by atoms with E-state index >= 15 is 0 Å². The first-order valence-corrected chi connectivity index (χ1v) is 9.23. The van der Waals surface area contributed by atoms with E-state index in [1.807, 2.05) is 12.1 Å². The maximum absolute atomic E-state index is 12.5. The molecule has 0 aliphatic carbocycles. The van der Waals surface area contributed by atoms with E-state index in [9.17, 15) is 9.59 Å². The lowest BCUT2D eigenvalue weighted by Gasteiger charge is -2.17. The molecule has 1 amide bonds. The van der Waals surface area contributed by atoms with Crippen molar-refractivity contribution in [1.29, 1.82) is 0 Å². The van der Waals surface area contributed by atoms with Gasteiger partial charge in [-0.1, -0.05) is 23.2 Å². The first-order chi connectivity index (χ1) is 12.5. The molecule has 4 nitrogen and oxygen atoms in total. The summed E-state index contributed by atoms with van der Waals surface area (Å²) in [5.41, 5.74) is 2.64. The summed E-state index contributed by atoms with van der Waals surface area (Å²) >= 11 is 11.9. The lowest BCUT2D eigenvalue weighted by atomic mass is 10.1. The molecule has 0 fully saturated rings. The van der Waals surface area contributed by atoms with Crippen molar-refractivity contribution in [3.63, 3.8) is 0 Å². The molecule has 0 N–H and O–H groups in total. The molecule has 2 aromatic carbocycles. The van der Waals surface area contributed by atoms with Gasteiger partial charge in [-0.25, -0.2) is 0 Å². The molecule has 1 heterocycles. The van der Waals surface area contributed by atoms with Gasteiger partial charge in [0.2, 0.25) is 5.91 Å². The van der Waals surface area contributed by atoms with Crippen molar-refractivity contribution in [1.82, 2.24) is 0 Å². The lowest BCUT2D eigenvalue weighted by molar-refractivity contribution is -0.118. The smallest absolute Gasteiger partial charge is 0.227 e. The van der Waals surface area contributed by atoms with Crippen molar-refractivity contribution in [2.24, 2.45) is 0 Å². The van der Waals surface area contributed by atoms with E-state index in [-0.39, 0.29) is 11.7 Å². The Labute approximate surface area is 162 Å². The maximum Gasteiger partial charge on any atom is 0.227 e. The largest absolute Gasteiger partial charge is 0.492 e. The van der Waals surface area contributed by atoms with Crippen LogP contribution in [0, 0.1) is 0 Å². The van der Waals surface area contributed by atoms with Crippen molar-refractivity contribution in [2.75, 3.05) is 18.1 Å². The second kappa shape index (κ2) is 8.11. The number of halogens is 2. The second-order valence-electron chi connectivity index (χ2n) is 6.22. The maximum atomic E-state index is 12.5. The third-order valence-corrected chi connectivity index (χ3v) is 4.90. The highest BCUT2D eigenvalue weighted by Gasteiger charge is 2.24. The van der Waals surface area contributed by atoms with Gasteiger partial charge in [-0.05, 0) is 61.7 Å². The van der Waals surface area contributed by atoms with Gasteiger partial charge in [0.05, 0.1) is 11.6 Å². The van der Waals surface area contributed by atoms with Crippen molar-refractivity contribution in [2.45, 2.75) is 26.2 Å². The summed E-state index contributed by atoms with van der Waals surface area (Å²) in [5, 5.41) is 1.01. The number of nitrogens with zero attached hydrogens (tertiary/aromatic N) is 1. The molecule has 1 aliphatic rings. The van der Waals surface area contributed by atoms with Crippen LogP contribution in [0.4, 0.5) is 5.69 Å². The Morgan fingerprint density at radius 2 is 1.96 bits per heavy atom. The number of ether oxygens (including phenoxy) is 1. The van der Waals surface area contributed by atoms with Crippen molar-refractivity contribution in [3.8, 4) is 5.75 Å². The molecule has 0 saturated heterocycles. The molecule has 0 aromatic heterocycles. The van der Waals surface area contributed by atoms with Crippen LogP contribution in [0.5, 0.6) is 5.75 Å². The summed E-state index contributed by atoms with van der Waals surface area (Å²) < 4.78 is 5.62. The number of ketones is 1. The standard InChI is InChI=1S/C20H19Cl2NO3/c1-13(24)14-4-6-18-15(11-14)8-9-23(18)20(25)3-2-10-26-19-7-5-16(21)12-17(19)22/h4-7,11-12H,2-3,8-10H2,1H3. The minimum atomic E-state index is 0.0376. The molecule has 0 atom stereocenters. The molecule has 0 bridgehead atoms. The van der Waals surface area contributed by atoms with E-state index in [1.54, 1.807) is 36.1 Å². The van der Waals surface area contributed by atoms with E-state index in [0.717, 1.165) is 17.7 Å². The molecular formula is C20H19Cl2NO3. The average Bonchev–Trinajstić information content (AvgIpc) is 3.03. The van der Waals surface area contributed by atoms with Crippen molar-refractivity contribution >= 4 is 40.6 Å². The number of hydrogen-bond acceptors (Lipinski definition) is 3. The topological polar surface area (TPSA) is 46.6 Å². The van der Waals surface area contributed by atoms with Crippen LogP contribution in [0.25, 0.3) is 0 Å². The van der Waals surface area contributed by atoms with Gasteiger partial charge >= 0.3 is 0 Å². The minimum Gasteiger partial charge on any atom is -0.492 e. The van der Waals surface area contributed by atoms with Gasteiger partial charge < -0.3 is 9.64 Å². The molecule has 2 aromatic rings. The summed E-state index contributed by atoms with van der Waals surface area (Å²) in [6.45, 7) is 2.60. The third-order valence-electron chi connectivity index (χ3n) is 4.37. The molecule has 1 aliphatic heterocycles. The van der Waals surface area contributed by atoms with E-state index in [1.165, 1.54) is 0 Å². The second-order valence-corrected chi connectivity index (χ2v) is 7.07. The van der Waals surface area contributed by atoms with Gasteiger partial charge in [0.15, 0.2) is 5.78 Å². The third kappa shape index (κ3) is 4.19. The Hall–Kier alpha value is -2.04. The summed E-state index contributed by atoms with van der Waals surface area (Å²) in [6, 6.07) is 10.6. The van der Waals surface area contributed by atoms with Gasteiger partial charge in [0.25, 0.3) is 0 Å². The van der Waals surface area contributed by atoms with Crippen LogP contribution in [0.1, 0.15) is 35.7 Å². The minimum absolute atomic E-state index is 0.0376. The van der Waals surface area contributed by atoms with Gasteiger partial charge in [-0.2, -0.15) is 0 Å². The molecule has 136 valence electrons. The molecule has 0 saturated carbocycles. The van der Waals surface area contributed by atoms with Gasteiger partial charge in [-0.3, -0.25) is 9.59 Å². The number of carbonyl (C=O) groups is 2. The summed E-state index contributed by atoms with van der Waals surface area (Å²) in [5.74, 6) is 0.660. The monoisotopic (exact) mass is 391 g/mol. The van der Waals surface area contributed by atoms with Crippen LogP contribution in [0.15, 0.2) is 36.4 Å². The zero-order valence-electron chi connectivity index (χ0n) is 14.4. The van der Waals surface area contributed by atoms with Crippen LogP contribution < -0.4 is 9.64 Å². The Morgan fingerprint density at radius 1 is 1.15 bits per heavy atom. The molecule has 0 spiro atoms. The molecule has 6 heteroatoms. The van der Waals surface area contributed by atoms with Crippen LogP contribution >= 0.6 is 23.2 Å².